The SMILES string of the molecule is CN1CCN(c2ncccc2CNC(=O)CCc2nc3ccccc3n2-c2ccccc2)CC1. The van der Waals surface area contributed by atoms with Gasteiger partial charge in [-0.15, -0.1) is 0 Å². The number of carbonyl (C=O) groups excluding carboxylic acids is 1. The first-order valence-corrected chi connectivity index (χ1v) is 11.8. The lowest BCUT2D eigenvalue weighted by Crippen LogP contribution is -2.45. The Labute approximate surface area is 200 Å². The van der Waals surface area contributed by atoms with Gasteiger partial charge in [-0.05, 0) is 37.4 Å². The molecular formula is C27H30N6O. The average molecular weight is 455 g/mol. The quantitative estimate of drug-likeness (QED) is 0.464. The molecule has 1 aliphatic rings. The Bertz CT molecular complexity index is 1260. The number of hydrogen-bond acceptors (Lipinski definition) is 5. The van der Waals surface area contributed by atoms with Crippen LogP contribution in [0.15, 0.2) is 72.9 Å². The van der Waals surface area contributed by atoms with Crippen LogP contribution >= 0.6 is 0 Å². The van der Waals surface area contributed by atoms with Crippen molar-refractivity contribution in [2.75, 3.05) is 38.1 Å². The van der Waals surface area contributed by atoms with Gasteiger partial charge in [0.05, 0.1) is 11.0 Å². The molecule has 1 N–H and O–H groups in total. The number of likely N-dealkylation sites (N-methyl/N-ethyl adjacent to an activating group) is 1. The van der Waals surface area contributed by atoms with E-state index in [0.29, 0.717) is 19.4 Å². The van der Waals surface area contributed by atoms with E-state index in [9.17, 15) is 4.79 Å². The van der Waals surface area contributed by atoms with Gasteiger partial charge in [0.2, 0.25) is 5.91 Å². The van der Waals surface area contributed by atoms with Crippen LogP contribution in [0.5, 0.6) is 0 Å². The molecule has 0 bridgehead atoms. The van der Waals surface area contributed by atoms with Crippen LogP contribution in [0.1, 0.15) is 17.8 Å². The molecule has 0 unspecified atom stereocenters. The molecule has 3 heterocycles. The summed E-state index contributed by atoms with van der Waals surface area (Å²) in [6.45, 7) is 4.41. The van der Waals surface area contributed by atoms with Crippen LogP contribution in [0.25, 0.3) is 16.7 Å². The number of para-hydroxylation sites is 3. The molecule has 1 amide bonds. The summed E-state index contributed by atoms with van der Waals surface area (Å²) in [5.74, 6) is 1.88. The molecule has 0 aliphatic carbocycles. The van der Waals surface area contributed by atoms with Gasteiger partial charge in [0.1, 0.15) is 11.6 Å². The zero-order valence-corrected chi connectivity index (χ0v) is 19.5. The summed E-state index contributed by atoms with van der Waals surface area (Å²) >= 11 is 0. The summed E-state index contributed by atoms with van der Waals surface area (Å²) in [6.07, 6.45) is 2.76. The molecule has 174 valence electrons. The van der Waals surface area contributed by atoms with Gasteiger partial charge in [0.25, 0.3) is 0 Å². The fourth-order valence-corrected chi connectivity index (χ4v) is 4.49. The number of rotatable bonds is 7. The summed E-state index contributed by atoms with van der Waals surface area (Å²) < 4.78 is 2.15. The van der Waals surface area contributed by atoms with Gasteiger partial charge in [-0.3, -0.25) is 9.36 Å². The number of carbonyl (C=O) groups is 1. The van der Waals surface area contributed by atoms with Crippen LogP contribution in [-0.4, -0.2) is 58.6 Å². The van der Waals surface area contributed by atoms with Crippen molar-refractivity contribution < 1.29 is 4.79 Å². The maximum Gasteiger partial charge on any atom is 0.220 e. The maximum atomic E-state index is 12.8. The monoisotopic (exact) mass is 454 g/mol. The highest BCUT2D eigenvalue weighted by Gasteiger charge is 2.18. The average Bonchev–Trinajstić information content (AvgIpc) is 3.26. The van der Waals surface area contributed by atoms with E-state index >= 15 is 0 Å². The van der Waals surface area contributed by atoms with Crippen LogP contribution in [0.3, 0.4) is 0 Å². The third-order valence-electron chi connectivity index (χ3n) is 6.37. The minimum absolute atomic E-state index is 0.0137. The van der Waals surface area contributed by atoms with Crippen molar-refractivity contribution in [3.63, 3.8) is 0 Å². The number of pyridine rings is 1. The summed E-state index contributed by atoms with van der Waals surface area (Å²) in [5, 5.41) is 3.10. The number of aryl methyl sites for hydroxylation is 1. The first-order chi connectivity index (χ1) is 16.7. The van der Waals surface area contributed by atoms with Crippen molar-refractivity contribution in [1.82, 2.24) is 24.8 Å². The molecule has 1 saturated heterocycles. The smallest absolute Gasteiger partial charge is 0.220 e. The Morgan fingerprint density at radius 1 is 0.941 bits per heavy atom. The van der Waals surface area contributed by atoms with Crippen molar-refractivity contribution in [2.45, 2.75) is 19.4 Å². The molecule has 4 aromatic rings. The highest BCUT2D eigenvalue weighted by atomic mass is 16.1. The maximum absolute atomic E-state index is 12.8. The lowest BCUT2D eigenvalue weighted by Gasteiger charge is -2.34. The normalized spacial score (nSPS) is 14.4. The first-order valence-electron chi connectivity index (χ1n) is 11.8. The molecular weight excluding hydrogens is 424 g/mol. The molecule has 0 saturated carbocycles. The predicted octanol–water partition coefficient (Wildman–Crippen LogP) is 3.42. The number of fused-ring (bicyclic) bond motifs is 1. The third kappa shape index (κ3) is 4.79. The molecule has 1 aliphatic heterocycles. The highest BCUT2D eigenvalue weighted by molar-refractivity contribution is 5.79. The van der Waals surface area contributed by atoms with Crippen LogP contribution < -0.4 is 10.2 Å². The van der Waals surface area contributed by atoms with E-state index in [1.54, 1.807) is 0 Å². The van der Waals surface area contributed by atoms with Crippen molar-refractivity contribution in [3.05, 3.63) is 84.3 Å². The standard InChI is InChI=1S/C27H30N6O/c1-31-16-18-32(19-17-31)27-21(8-7-15-28-27)20-29-26(34)14-13-25-30-23-11-5-6-12-24(23)33(25)22-9-3-2-4-10-22/h2-12,15H,13-14,16-20H2,1H3,(H,29,34). The number of imidazole rings is 1. The van der Waals surface area contributed by atoms with E-state index < -0.39 is 0 Å². The van der Waals surface area contributed by atoms with Gasteiger partial charge >= 0.3 is 0 Å². The molecule has 2 aromatic carbocycles. The number of benzene rings is 2. The largest absolute Gasteiger partial charge is 0.354 e. The van der Waals surface area contributed by atoms with E-state index in [1.807, 2.05) is 48.7 Å². The summed E-state index contributed by atoms with van der Waals surface area (Å²) in [4.78, 5) is 26.9. The Hall–Kier alpha value is -3.71. The van der Waals surface area contributed by atoms with Crippen molar-refractivity contribution in [3.8, 4) is 5.69 Å². The number of hydrogen-bond donors (Lipinski definition) is 1. The van der Waals surface area contributed by atoms with Gasteiger partial charge < -0.3 is 15.1 Å². The van der Waals surface area contributed by atoms with E-state index in [1.165, 1.54) is 0 Å². The zero-order valence-electron chi connectivity index (χ0n) is 19.5. The molecule has 0 spiro atoms. The fraction of sp³-hybridized carbons (Fsp3) is 0.296. The predicted molar refractivity (Wildman–Crippen MR) is 135 cm³/mol. The lowest BCUT2D eigenvalue weighted by molar-refractivity contribution is -0.121. The van der Waals surface area contributed by atoms with Gasteiger partial charge in [-0.2, -0.15) is 0 Å². The Morgan fingerprint density at radius 3 is 2.53 bits per heavy atom. The molecule has 2 aromatic heterocycles. The minimum atomic E-state index is 0.0137. The van der Waals surface area contributed by atoms with Crippen LogP contribution in [-0.2, 0) is 17.8 Å². The number of anilines is 1. The summed E-state index contributed by atoms with van der Waals surface area (Å²) in [5.41, 5.74) is 4.10. The molecule has 0 atom stereocenters. The second kappa shape index (κ2) is 10.1. The van der Waals surface area contributed by atoms with Gasteiger partial charge in [0.15, 0.2) is 0 Å². The van der Waals surface area contributed by atoms with Gasteiger partial charge in [0, 0.05) is 63.0 Å². The molecule has 0 radical (unpaired) electrons. The second-order valence-electron chi connectivity index (χ2n) is 8.74. The van der Waals surface area contributed by atoms with Crippen molar-refractivity contribution >= 4 is 22.8 Å². The minimum Gasteiger partial charge on any atom is -0.354 e. The van der Waals surface area contributed by atoms with Crippen LogP contribution in [0, 0.1) is 0 Å². The van der Waals surface area contributed by atoms with Crippen LogP contribution in [0.4, 0.5) is 5.82 Å². The number of piperazine rings is 1. The first kappa shape index (κ1) is 22.1. The highest BCUT2D eigenvalue weighted by Crippen LogP contribution is 2.22. The molecule has 7 heteroatoms. The van der Waals surface area contributed by atoms with E-state index in [2.05, 4.69) is 56.0 Å². The summed E-state index contributed by atoms with van der Waals surface area (Å²) in [7, 11) is 2.14. The number of nitrogens with zero attached hydrogens (tertiary/aromatic N) is 5. The lowest BCUT2D eigenvalue weighted by atomic mass is 10.2. The molecule has 1 fully saturated rings. The third-order valence-corrected chi connectivity index (χ3v) is 6.37. The number of aromatic nitrogens is 3. The molecule has 5 rings (SSSR count). The van der Waals surface area contributed by atoms with Gasteiger partial charge in [-0.25, -0.2) is 9.97 Å². The Kier molecular flexibility index (Phi) is 6.53. The second-order valence-corrected chi connectivity index (χ2v) is 8.74. The Balaban J connectivity index is 1.26. The molecule has 7 nitrogen and oxygen atoms in total. The number of amides is 1. The molecule has 34 heavy (non-hydrogen) atoms. The fourth-order valence-electron chi connectivity index (χ4n) is 4.49. The van der Waals surface area contributed by atoms with Crippen molar-refractivity contribution in [1.29, 1.82) is 0 Å². The van der Waals surface area contributed by atoms with Gasteiger partial charge in [-0.1, -0.05) is 36.4 Å². The van der Waals surface area contributed by atoms with Crippen LogP contribution in [0.2, 0.25) is 0 Å². The van der Waals surface area contributed by atoms with Crippen molar-refractivity contribution in [2.24, 2.45) is 0 Å². The van der Waals surface area contributed by atoms with E-state index in [4.69, 9.17) is 4.98 Å². The Morgan fingerprint density at radius 2 is 1.71 bits per heavy atom. The number of nitrogens with one attached hydrogen (secondary N) is 1. The zero-order chi connectivity index (χ0) is 23.3. The summed E-state index contributed by atoms with van der Waals surface area (Å²) in [6, 6.07) is 22.3. The topological polar surface area (TPSA) is 66.3 Å². The van der Waals surface area contributed by atoms with E-state index in [-0.39, 0.29) is 5.91 Å². The van der Waals surface area contributed by atoms with E-state index in [0.717, 1.165) is 60.1 Å².